The highest BCUT2D eigenvalue weighted by Crippen LogP contribution is 2.23. The Morgan fingerprint density at radius 3 is 2.27 bits per heavy atom. The molecule has 0 aromatic heterocycles. The van der Waals surface area contributed by atoms with Crippen LogP contribution in [0.1, 0.15) is 45.6 Å². The number of nitrogens with one attached hydrogen (secondary N) is 2. The molecule has 2 aromatic carbocycles. The predicted octanol–water partition coefficient (Wildman–Crippen LogP) is 5.10. The van der Waals surface area contributed by atoms with Crippen LogP contribution in [0, 0.1) is 0 Å². The van der Waals surface area contributed by atoms with Crippen LogP contribution in [0.15, 0.2) is 48.5 Å². The van der Waals surface area contributed by atoms with Crippen LogP contribution in [0.4, 0.5) is 17.1 Å². The van der Waals surface area contributed by atoms with Crippen molar-refractivity contribution in [1.29, 1.82) is 0 Å². The number of amides is 1. The Bertz CT molecular complexity index is 691. The molecular weight excluding hydrogens is 322 g/mol. The van der Waals surface area contributed by atoms with Crippen LogP contribution in [0.3, 0.4) is 0 Å². The molecule has 0 aliphatic rings. The maximum atomic E-state index is 12.2. The number of benzene rings is 2. The Morgan fingerprint density at radius 2 is 1.65 bits per heavy atom. The summed E-state index contributed by atoms with van der Waals surface area (Å²) in [5.41, 5.74) is 4.34. The summed E-state index contributed by atoms with van der Waals surface area (Å²) in [6, 6.07) is 16.4. The fourth-order valence-electron chi connectivity index (χ4n) is 3.03. The molecule has 0 saturated heterocycles. The summed E-state index contributed by atoms with van der Waals surface area (Å²) in [6.07, 6.45) is 0.435. The number of hydrogen-bond donors (Lipinski definition) is 2. The van der Waals surface area contributed by atoms with Crippen molar-refractivity contribution in [2.75, 3.05) is 35.2 Å². The maximum absolute atomic E-state index is 12.2. The van der Waals surface area contributed by atoms with Gasteiger partial charge in [-0.25, -0.2) is 0 Å². The molecule has 0 saturated carbocycles. The average molecular weight is 354 g/mol. The smallest absolute Gasteiger partial charge is 0.226 e. The summed E-state index contributed by atoms with van der Waals surface area (Å²) < 4.78 is 0. The van der Waals surface area contributed by atoms with Gasteiger partial charge in [0.05, 0.1) is 0 Å². The van der Waals surface area contributed by atoms with Crippen molar-refractivity contribution in [3.8, 4) is 0 Å². The van der Waals surface area contributed by atoms with E-state index in [1.54, 1.807) is 0 Å². The number of anilines is 3. The van der Waals surface area contributed by atoms with Crippen molar-refractivity contribution in [2.24, 2.45) is 0 Å². The second-order valence-electron chi connectivity index (χ2n) is 6.69. The van der Waals surface area contributed by atoms with Gasteiger partial charge in [-0.2, -0.15) is 0 Å². The number of rotatable bonds is 9. The van der Waals surface area contributed by atoms with Crippen molar-refractivity contribution in [2.45, 2.75) is 40.0 Å². The zero-order valence-electron chi connectivity index (χ0n) is 16.4. The lowest BCUT2D eigenvalue weighted by Gasteiger charge is -2.21. The molecule has 4 heteroatoms. The summed E-state index contributed by atoms with van der Waals surface area (Å²) in [5.74, 6) is 0.416. The first-order valence-corrected chi connectivity index (χ1v) is 9.52. The molecular formula is C22H31N3O. The zero-order chi connectivity index (χ0) is 18.9. The fourth-order valence-corrected chi connectivity index (χ4v) is 3.03. The lowest BCUT2D eigenvalue weighted by molar-refractivity contribution is -0.115. The third-order valence-electron chi connectivity index (χ3n) is 4.53. The van der Waals surface area contributed by atoms with Crippen molar-refractivity contribution in [3.63, 3.8) is 0 Å². The van der Waals surface area contributed by atoms with Gasteiger partial charge in [-0.05, 0) is 55.7 Å². The van der Waals surface area contributed by atoms with E-state index in [9.17, 15) is 4.79 Å². The molecule has 26 heavy (non-hydrogen) atoms. The number of carbonyl (C=O) groups is 1. The normalized spacial score (nSPS) is 10.7. The van der Waals surface area contributed by atoms with Crippen LogP contribution in [0.5, 0.6) is 0 Å². The molecule has 2 N–H and O–H groups in total. The molecule has 0 radical (unpaired) electrons. The van der Waals surface area contributed by atoms with E-state index in [1.807, 2.05) is 18.2 Å². The van der Waals surface area contributed by atoms with Gasteiger partial charge in [-0.1, -0.05) is 32.0 Å². The average Bonchev–Trinajstić information content (AvgIpc) is 2.64. The minimum absolute atomic E-state index is 0.0327. The van der Waals surface area contributed by atoms with E-state index in [4.69, 9.17) is 0 Å². The van der Waals surface area contributed by atoms with E-state index in [2.05, 4.69) is 73.6 Å². The Morgan fingerprint density at radius 1 is 1.00 bits per heavy atom. The first-order valence-electron chi connectivity index (χ1n) is 9.52. The standard InChI is InChI=1S/C22H31N3O/c1-5-25(6-2)19-13-11-18(12-14-19)23-16-15-22(26)24-21-10-8-7-9-20(21)17(3)4/h7-14,17,23H,5-6,15-16H2,1-4H3,(H,24,26). The number of para-hydroxylation sites is 1. The molecule has 2 aromatic rings. The highest BCUT2D eigenvalue weighted by Gasteiger charge is 2.09. The molecule has 0 aliphatic carbocycles. The first kappa shape index (κ1) is 19.8. The van der Waals surface area contributed by atoms with E-state index in [1.165, 1.54) is 11.3 Å². The first-order chi connectivity index (χ1) is 12.5. The van der Waals surface area contributed by atoms with Gasteiger partial charge in [0.15, 0.2) is 0 Å². The molecule has 0 unspecified atom stereocenters. The van der Waals surface area contributed by atoms with E-state index >= 15 is 0 Å². The molecule has 0 fully saturated rings. The molecule has 2 rings (SSSR count). The van der Waals surface area contributed by atoms with E-state index in [0.29, 0.717) is 18.9 Å². The quantitative estimate of drug-likeness (QED) is 0.659. The summed E-state index contributed by atoms with van der Waals surface area (Å²) >= 11 is 0. The Hall–Kier alpha value is -2.49. The van der Waals surface area contributed by atoms with Crippen molar-refractivity contribution < 1.29 is 4.79 Å². The highest BCUT2D eigenvalue weighted by molar-refractivity contribution is 5.91. The molecule has 4 nitrogen and oxygen atoms in total. The Labute approximate surface area is 157 Å². The molecule has 140 valence electrons. The second-order valence-corrected chi connectivity index (χ2v) is 6.69. The summed E-state index contributed by atoms with van der Waals surface area (Å²) in [7, 11) is 0. The largest absolute Gasteiger partial charge is 0.385 e. The van der Waals surface area contributed by atoms with Gasteiger partial charge >= 0.3 is 0 Å². The molecule has 0 aliphatic heterocycles. The number of hydrogen-bond acceptors (Lipinski definition) is 3. The maximum Gasteiger partial charge on any atom is 0.226 e. The van der Waals surface area contributed by atoms with Crippen molar-refractivity contribution in [1.82, 2.24) is 0 Å². The van der Waals surface area contributed by atoms with Crippen molar-refractivity contribution in [3.05, 3.63) is 54.1 Å². The van der Waals surface area contributed by atoms with Gasteiger partial charge in [-0.3, -0.25) is 4.79 Å². The van der Waals surface area contributed by atoms with Crippen LogP contribution in [0.2, 0.25) is 0 Å². The minimum atomic E-state index is 0.0327. The topological polar surface area (TPSA) is 44.4 Å². The van der Waals surface area contributed by atoms with Gasteiger partial charge < -0.3 is 15.5 Å². The number of carbonyl (C=O) groups excluding carboxylic acids is 1. The van der Waals surface area contributed by atoms with Gasteiger partial charge in [0.2, 0.25) is 5.91 Å². The molecule has 0 atom stereocenters. The van der Waals surface area contributed by atoms with E-state index in [0.717, 1.165) is 24.5 Å². The van der Waals surface area contributed by atoms with Gasteiger partial charge in [0, 0.05) is 43.1 Å². The molecule has 0 spiro atoms. The van der Waals surface area contributed by atoms with Gasteiger partial charge in [-0.15, -0.1) is 0 Å². The molecule has 0 bridgehead atoms. The third kappa shape index (κ3) is 5.51. The highest BCUT2D eigenvalue weighted by atomic mass is 16.1. The van der Waals surface area contributed by atoms with Crippen LogP contribution in [0.25, 0.3) is 0 Å². The van der Waals surface area contributed by atoms with Crippen LogP contribution in [-0.4, -0.2) is 25.5 Å². The third-order valence-corrected chi connectivity index (χ3v) is 4.53. The lowest BCUT2D eigenvalue weighted by Crippen LogP contribution is -2.21. The van der Waals surface area contributed by atoms with Crippen molar-refractivity contribution >= 4 is 23.0 Å². The van der Waals surface area contributed by atoms with E-state index < -0.39 is 0 Å². The van der Waals surface area contributed by atoms with Crippen LogP contribution < -0.4 is 15.5 Å². The number of nitrogens with zero attached hydrogens (tertiary/aromatic N) is 1. The minimum Gasteiger partial charge on any atom is -0.385 e. The van der Waals surface area contributed by atoms with E-state index in [-0.39, 0.29) is 5.91 Å². The SMILES string of the molecule is CCN(CC)c1ccc(NCCC(=O)Nc2ccccc2C(C)C)cc1. The van der Waals surface area contributed by atoms with Gasteiger partial charge in [0.25, 0.3) is 0 Å². The Balaban J connectivity index is 1.83. The summed E-state index contributed by atoms with van der Waals surface area (Å²) in [6.45, 7) is 11.2. The molecule has 0 heterocycles. The molecule has 1 amide bonds. The predicted molar refractivity (Wildman–Crippen MR) is 112 cm³/mol. The second kappa shape index (κ2) is 9.85. The summed E-state index contributed by atoms with van der Waals surface area (Å²) in [5, 5.41) is 6.35. The fraction of sp³-hybridized carbons (Fsp3) is 0.409. The Kier molecular flexibility index (Phi) is 7.52. The van der Waals surface area contributed by atoms with Gasteiger partial charge in [0.1, 0.15) is 0 Å². The van der Waals surface area contributed by atoms with Crippen LogP contribution >= 0.6 is 0 Å². The summed E-state index contributed by atoms with van der Waals surface area (Å²) in [4.78, 5) is 14.5. The lowest BCUT2D eigenvalue weighted by atomic mass is 10.0. The zero-order valence-corrected chi connectivity index (χ0v) is 16.4. The monoisotopic (exact) mass is 353 g/mol. The van der Waals surface area contributed by atoms with Crippen LogP contribution in [-0.2, 0) is 4.79 Å².